The maximum atomic E-state index is 13.0. The summed E-state index contributed by atoms with van der Waals surface area (Å²) in [5.41, 5.74) is 1.28. The summed E-state index contributed by atoms with van der Waals surface area (Å²) in [6, 6.07) is 12.0. The number of likely N-dealkylation sites (tertiary alicyclic amines) is 1. The van der Waals surface area contributed by atoms with Crippen molar-refractivity contribution in [3.8, 4) is 0 Å². The molecule has 3 rings (SSSR count). The summed E-state index contributed by atoms with van der Waals surface area (Å²) < 4.78 is 10.3. The number of Topliss-reactive ketones (excluding diaryl/α,β-unsaturated/α-hetero) is 1. The Hall–Kier alpha value is -3.16. The Labute approximate surface area is 197 Å². The smallest absolute Gasteiger partial charge is 0.337 e. The van der Waals surface area contributed by atoms with Crippen LogP contribution in [-0.4, -0.2) is 54.0 Å². The fraction of sp³-hybridized carbons (Fsp3) is 0.320. The van der Waals surface area contributed by atoms with E-state index in [0.717, 1.165) is 0 Å². The second kappa shape index (κ2) is 10.6. The molecule has 0 unspecified atom stereocenters. The number of methoxy groups -OCH3 is 1. The van der Waals surface area contributed by atoms with Crippen LogP contribution >= 0.6 is 11.6 Å². The van der Waals surface area contributed by atoms with Gasteiger partial charge in [-0.25, -0.2) is 4.79 Å². The van der Waals surface area contributed by atoms with E-state index >= 15 is 0 Å². The Morgan fingerprint density at radius 3 is 2.24 bits per heavy atom. The van der Waals surface area contributed by atoms with Crippen molar-refractivity contribution in [2.75, 3.05) is 20.3 Å². The molecule has 0 radical (unpaired) electrons. The summed E-state index contributed by atoms with van der Waals surface area (Å²) in [4.78, 5) is 39.2. The van der Waals surface area contributed by atoms with Crippen LogP contribution in [0.5, 0.6) is 0 Å². The number of ether oxygens (including phenoxy) is 2. The second-order valence-corrected chi connectivity index (χ2v) is 8.32. The zero-order chi connectivity index (χ0) is 24.1. The molecule has 0 aliphatic carbocycles. The zero-order valence-corrected chi connectivity index (χ0v) is 19.5. The van der Waals surface area contributed by atoms with Gasteiger partial charge in [0.15, 0.2) is 0 Å². The SMILES string of the molecule is COC(=O)c1ccc([C@@H]2C(=C(O)c3ccc(Cl)cc3)C(=O)C(=O)N2CCCOC(C)C)cc1. The van der Waals surface area contributed by atoms with Crippen molar-refractivity contribution >= 4 is 35.0 Å². The number of carbonyl (C=O) groups excluding carboxylic acids is 3. The number of carbonyl (C=O) groups is 3. The van der Waals surface area contributed by atoms with E-state index < -0.39 is 23.7 Å². The lowest BCUT2D eigenvalue weighted by Gasteiger charge is -2.25. The van der Waals surface area contributed by atoms with Crippen LogP contribution in [0.25, 0.3) is 5.76 Å². The van der Waals surface area contributed by atoms with Gasteiger partial charge in [-0.15, -0.1) is 0 Å². The van der Waals surface area contributed by atoms with Crippen LogP contribution < -0.4 is 0 Å². The highest BCUT2D eigenvalue weighted by Gasteiger charge is 2.45. The highest BCUT2D eigenvalue weighted by atomic mass is 35.5. The van der Waals surface area contributed by atoms with E-state index in [4.69, 9.17) is 21.1 Å². The number of benzene rings is 2. The first-order valence-corrected chi connectivity index (χ1v) is 11.0. The molecule has 2 aromatic rings. The van der Waals surface area contributed by atoms with E-state index in [1.165, 1.54) is 12.0 Å². The molecule has 0 saturated carbocycles. The Morgan fingerprint density at radius 1 is 1.06 bits per heavy atom. The van der Waals surface area contributed by atoms with Crippen LogP contribution in [0.1, 0.15) is 47.8 Å². The summed E-state index contributed by atoms with van der Waals surface area (Å²) in [5.74, 6) is -2.25. The standard InChI is InChI=1S/C25H26ClNO6/c1-15(2)33-14-4-13-27-21(16-5-7-18(8-6-16)25(31)32-3)20(23(29)24(27)30)22(28)17-9-11-19(26)12-10-17/h5-12,15,21,28H,4,13-14H2,1-3H3/t21-/m1/s1. The minimum Gasteiger partial charge on any atom is -0.507 e. The van der Waals surface area contributed by atoms with Gasteiger partial charge < -0.3 is 19.5 Å². The average Bonchev–Trinajstić information content (AvgIpc) is 3.06. The lowest BCUT2D eigenvalue weighted by Crippen LogP contribution is -2.31. The Morgan fingerprint density at radius 2 is 1.67 bits per heavy atom. The molecule has 1 N–H and O–H groups in total. The predicted molar refractivity (Wildman–Crippen MR) is 124 cm³/mol. The molecule has 1 heterocycles. The van der Waals surface area contributed by atoms with Gasteiger partial charge in [-0.3, -0.25) is 9.59 Å². The van der Waals surface area contributed by atoms with Gasteiger partial charge in [0.05, 0.1) is 30.4 Å². The van der Waals surface area contributed by atoms with Crippen LogP contribution in [-0.2, 0) is 19.1 Å². The van der Waals surface area contributed by atoms with Crippen molar-refractivity contribution in [3.05, 3.63) is 75.8 Å². The first-order valence-electron chi connectivity index (χ1n) is 10.6. The van der Waals surface area contributed by atoms with E-state index in [2.05, 4.69) is 0 Å². The third-order valence-electron chi connectivity index (χ3n) is 5.30. The number of hydrogen-bond donors (Lipinski definition) is 1. The number of aliphatic hydroxyl groups excluding tert-OH is 1. The van der Waals surface area contributed by atoms with Crippen molar-refractivity contribution in [2.24, 2.45) is 0 Å². The summed E-state index contributed by atoms with van der Waals surface area (Å²) in [5, 5.41) is 11.5. The molecule has 0 spiro atoms. The van der Waals surface area contributed by atoms with E-state index in [9.17, 15) is 19.5 Å². The van der Waals surface area contributed by atoms with Gasteiger partial charge in [-0.1, -0.05) is 23.7 Å². The molecule has 33 heavy (non-hydrogen) atoms. The number of amides is 1. The lowest BCUT2D eigenvalue weighted by molar-refractivity contribution is -0.140. The zero-order valence-electron chi connectivity index (χ0n) is 18.7. The van der Waals surface area contributed by atoms with Gasteiger partial charge in [0.2, 0.25) is 0 Å². The normalized spacial score (nSPS) is 17.6. The van der Waals surface area contributed by atoms with Crippen LogP contribution in [0.15, 0.2) is 54.1 Å². The van der Waals surface area contributed by atoms with Gasteiger partial charge in [0.25, 0.3) is 11.7 Å². The number of esters is 1. The van der Waals surface area contributed by atoms with Crippen LogP contribution in [0.2, 0.25) is 5.02 Å². The molecule has 2 aromatic carbocycles. The number of hydrogen-bond acceptors (Lipinski definition) is 6. The predicted octanol–water partition coefficient (Wildman–Crippen LogP) is 4.36. The molecule has 1 atom stereocenters. The van der Waals surface area contributed by atoms with E-state index in [0.29, 0.717) is 34.7 Å². The van der Waals surface area contributed by atoms with Gasteiger partial charge >= 0.3 is 5.97 Å². The van der Waals surface area contributed by atoms with Crippen LogP contribution in [0.3, 0.4) is 0 Å². The highest BCUT2D eigenvalue weighted by molar-refractivity contribution is 6.46. The Kier molecular flexibility index (Phi) is 7.89. The first-order chi connectivity index (χ1) is 15.7. The molecule has 1 fully saturated rings. The van der Waals surface area contributed by atoms with E-state index in [1.807, 2.05) is 13.8 Å². The molecule has 1 aliphatic heterocycles. The third kappa shape index (κ3) is 5.43. The maximum Gasteiger partial charge on any atom is 0.337 e. The highest BCUT2D eigenvalue weighted by Crippen LogP contribution is 2.39. The first kappa shape index (κ1) is 24.5. The van der Waals surface area contributed by atoms with Crippen molar-refractivity contribution < 1.29 is 29.0 Å². The fourth-order valence-corrected chi connectivity index (χ4v) is 3.82. The van der Waals surface area contributed by atoms with Gasteiger partial charge in [-0.05, 0) is 62.2 Å². The topological polar surface area (TPSA) is 93.1 Å². The Bertz CT molecular complexity index is 1060. The number of ketones is 1. The quantitative estimate of drug-likeness (QED) is 0.202. The monoisotopic (exact) mass is 471 g/mol. The summed E-state index contributed by atoms with van der Waals surface area (Å²) in [7, 11) is 1.29. The third-order valence-corrected chi connectivity index (χ3v) is 5.55. The number of rotatable bonds is 8. The molecule has 1 amide bonds. The van der Waals surface area contributed by atoms with Crippen molar-refractivity contribution in [1.82, 2.24) is 4.90 Å². The molecule has 0 bridgehead atoms. The molecule has 1 aliphatic rings. The van der Waals surface area contributed by atoms with Crippen molar-refractivity contribution in [2.45, 2.75) is 32.4 Å². The lowest BCUT2D eigenvalue weighted by atomic mass is 9.94. The maximum absolute atomic E-state index is 13.0. The molecule has 7 nitrogen and oxygen atoms in total. The number of halogens is 1. The molecule has 8 heteroatoms. The van der Waals surface area contributed by atoms with Crippen LogP contribution in [0, 0.1) is 0 Å². The largest absolute Gasteiger partial charge is 0.507 e. The van der Waals surface area contributed by atoms with Gasteiger partial charge in [-0.2, -0.15) is 0 Å². The number of aliphatic hydroxyl groups is 1. The summed E-state index contributed by atoms with van der Waals surface area (Å²) in [6.07, 6.45) is 0.565. The van der Waals surface area contributed by atoms with Gasteiger partial charge in [0.1, 0.15) is 5.76 Å². The minimum atomic E-state index is -0.813. The molecule has 1 saturated heterocycles. The van der Waals surface area contributed by atoms with Crippen molar-refractivity contribution in [1.29, 1.82) is 0 Å². The fourth-order valence-electron chi connectivity index (χ4n) is 3.69. The second-order valence-electron chi connectivity index (χ2n) is 7.89. The Balaban J connectivity index is 2.03. The van der Waals surface area contributed by atoms with E-state index in [-0.39, 0.29) is 24.0 Å². The minimum absolute atomic E-state index is 0.0158. The molecule has 0 aromatic heterocycles. The average molecular weight is 472 g/mol. The molecular formula is C25H26ClNO6. The summed E-state index contributed by atoms with van der Waals surface area (Å²) in [6.45, 7) is 4.52. The van der Waals surface area contributed by atoms with E-state index in [1.54, 1.807) is 48.5 Å². The molecular weight excluding hydrogens is 446 g/mol. The summed E-state index contributed by atoms with van der Waals surface area (Å²) >= 11 is 5.94. The van der Waals surface area contributed by atoms with Crippen molar-refractivity contribution in [3.63, 3.8) is 0 Å². The van der Waals surface area contributed by atoms with Gasteiger partial charge in [0, 0.05) is 23.7 Å². The molecule has 174 valence electrons. The number of nitrogens with zero attached hydrogens (tertiary/aromatic N) is 1. The van der Waals surface area contributed by atoms with Crippen LogP contribution in [0.4, 0.5) is 0 Å².